The smallest absolute Gasteiger partial charge is 0.258 e. The summed E-state index contributed by atoms with van der Waals surface area (Å²) >= 11 is 0. The number of rotatable bonds is 7. The van der Waals surface area contributed by atoms with E-state index >= 15 is 0 Å². The molecular weight excluding hydrogens is 467 g/mol. The maximum absolute atomic E-state index is 13.9. The van der Waals surface area contributed by atoms with Crippen LogP contribution in [0, 0.1) is 11.2 Å². The molecular formula is C30H33FN4O2. The molecule has 192 valence electrons. The van der Waals surface area contributed by atoms with E-state index in [2.05, 4.69) is 20.9 Å². The highest BCUT2D eigenvalue weighted by Crippen LogP contribution is 2.38. The fraction of sp³-hybridized carbons (Fsp3) is 0.267. The Morgan fingerprint density at radius 2 is 1.70 bits per heavy atom. The van der Waals surface area contributed by atoms with Gasteiger partial charge in [0.15, 0.2) is 0 Å². The van der Waals surface area contributed by atoms with Crippen LogP contribution >= 0.6 is 0 Å². The van der Waals surface area contributed by atoms with Gasteiger partial charge in [-0.25, -0.2) is 4.39 Å². The Kier molecular flexibility index (Phi) is 7.45. The number of benzene rings is 3. The molecule has 3 aromatic rings. The molecule has 0 fully saturated rings. The first-order valence-corrected chi connectivity index (χ1v) is 12.2. The topological polar surface area (TPSA) is 73.5 Å². The van der Waals surface area contributed by atoms with E-state index in [-0.39, 0.29) is 11.8 Å². The standard InChI is InChI=1S/C30H33FN4O2/c1-30(2,3)29(37)32-17-20-7-6-8-21(15-20)27(33-23-12-9-19(10-13-23)18-35(4)5)26-24-14-11-22(31)16-25(24)34-28(26)36/h6-16,33H,17-18H2,1-5H3,(H,32,37)(H,34,36). The molecule has 0 aromatic heterocycles. The highest BCUT2D eigenvalue weighted by Gasteiger charge is 2.29. The molecule has 0 bridgehead atoms. The van der Waals surface area contributed by atoms with Gasteiger partial charge in [0, 0.05) is 29.8 Å². The minimum atomic E-state index is -0.494. The lowest BCUT2D eigenvalue weighted by Crippen LogP contribution is -2.34. The second-order valence-electron chi connectivity index (χ2n) is 10.6. The largest absolute Gasteiger partial charge is 0.354 e. The lowest BCUT2D eigenvalue weighted by atomic mass is 9.95. The lowest BCUT2D eigenvalue weighted by molar-refractivity contribution is -0.128. The summed E-state index contributed by atoms with van der Waals surface area (Å²) in [5.41, 5.74) is 5.28. The Hall–Kier alpha value is -3.97. The highest BCUT2D eigenvalue weighted by atomic mass is 19.1. The second-order valence-corrected chi connectivity index (χ2v) is 10.6. The molecule has 37 heavy (non-hydrogen) atoms. The van der Waals surface area contributed by atoms with Crippen LogP contribution in [0.4, 0.5) is 15.8 Å². The summed E-state index contributed by atoms with van der Waals surface area (Å²) < 4.78 is 13.9. The van der Waals surface area contributed by atoms with Crippen molar-refractivity contribution >= 4 is 34.5 Å². The number of hydrogen-bond acceptors (Lipinski definition) is 4. The number of fused-ring (bicyclic) bond motifs is 1. The Balaban J connectivity index is 1.74. The molecule has 0 aliphatic carbocycles. The monoisotopic (exact) mass is 500 g/mol. The first kappa shape index (κ1) is 26.1. The van der Waals surface area contributed by atoms with E-state index in [1.54, 1.807) is 6.07 Å². The first-order chi connectivity index (χ1) is 17.5. The Morgan fingerprint density at radius 3 is 2.38 bits per heavy atom. The molecule has 0 radical (unpaired) electrons. The van der Waals surface area contributed by atoms with Gasteiger partial charge in [0.25, 0.3) is 5.91 Å². The average molecular weight is 501 g/mol. The fourth-order valence-corrected chi connectivity index (χ4v) is 4.16. The van der Waals surface area contributed by atoms with Crippen molar-refractivity contribution in [2.45, 2.75) is 33.9 Å². The number of nitrogens with one attached hydrogen (secondary N) is 3. The highest BCUT2D eigenvalue weighted by molar-refractivity contribution is 6.37. The van der Waals surface area contributed by atoms with Crippen molar-refractivity contribution in [3.63, 3.8) is 0 Å². The Morgan fingerprint density at radius 1 is 0.973 bits per heavy atom. The summed E-state index contributed by atoms with van der Waals surface area (Å²) in [6.45, 7) is 6.79. The molecule has 1 heterocycles. The molecule has 4 rings (SSSR count). The van der Waals surface area contributed by atoms with E-state index in [4.69, 9.17) is 0 Å². The number of halogens is 1. The molecule has 0 spiro atoms. The average Bonchev–Trinajstić information content (AvgIpc) is 3.15. The molecule has 3 aromatic carbocycles. The second kappa shape index (κ2) is 10.6. The van der Waals surface area contributed by atoms with E-state index in [0.717, 1.165) is 23.4 Å². The predicted octanol–water partition coefficient (Wildman–Crippen LogP) is 5.48. The van der Waals surface area contributed by atoms with E-state index in [0.29, 0.717) is 29.1 Å². The summed E-state index contributed by atoms with van der Waals surface area (Å²) in [4.78, 5) is 27.6. The fourth-order valence-electron chi connectivity index (χ4n) is 4.16. The van der Waals surface area contributed by atoms with Gasteiger partial charge < -0.3 is 20.9 Å². The maximum Gasteiger partial charge on any atom is 0.258 e. The van der Waals surface area contributed by atoms with Gasteiger partial charge in [-0.3, -0.25) is 9.59 Å². The van der Waals surface area contributed by atoms with Crippen molar-refractivity contribution in [3.8, 4) is 0 Å². The minimum absolute atomic E-state index is 0.0430. The molecule has 0 saturated heterocycles. The molecule has 3 N–H and O–H groups in total. The van der Waals surface area contributed by atoms with Gasteiger partial charge in [0.05, 0.1) is 17.0 Å². The van der Waals surface area contributed by atoms with Crippen molar-refractivity contribution in [2.75, 3.05) is 24.7 Å². The van der Waals surface area contributed by atoms with Crippen LogP contribution in [0.5, 0.6) is 0 Å². The normalized spacial score (nSPS) is 14.3. The Bertz CT molecular complexity index is 1350. The van der Waals surface area contributed by atoms with Crippen LogP contribution in [-0.4, -0.2) is 30.8 Å². The van der Waals surface area contributed by atoms with Gasteiger partial charge in [-0.05, 0) is 67.2 Å². The zero-order chi connectivity index (χ0) is 26.7. The van der Waals surface area contributed by atoms with Crippen LogP contribution < -0.4 is 16.0 Å². The molecule has 1 aliphatic heterocycles. The molecule has 7 heteroatoms. The number of amides is 2. The number of hydrogen-bond donors (Lipinski definition) is 3. The van der Waals surface area contributed by atoms with Gasteiger partial charge >= 0.3 is 0 Å². The van der Waals surface area contributed by atoms with Crippen molar-refractivity contribution in [1.29, 1.82) is 0 Å². The van der Waals surface area contributed by atoms with Crippen LogP contribution in [0.25, 0.3) is 11.3 Å². The maximum atomic E-state index is 13.9. The third-order valence-electron chi connectivity index (χ3n) is 6.05. The summed E-state index contributed by atoms with van der Waals surface area (Å²) in [5, 5.41) is 9.21. The van der Waals surface area contributed by atoms with Crippen LogP contribution in [0.2, 0.25) is 0 Å². The van der Waals surface area contributed by atoms with Crippen LogP contribution in [0.15, 0.2) is 66.7 Å². The molecule has 6 nitrogen and oxygen atoms in total. The predicted molar refractivity (Wildman–Crippen MR) is 147 cm³/mol. The number of carbonyl (C=O) groups is 2. The molecule has 0 saturated carbocycles. The van der Waals surface area contributed by atoms with Gasteiger partial charge in [-0.2, -0.15) is 0 Å². The van der Waals surface area contributed by atoms with E-state index in [1.165, 1.54) is 17.7 Å². The summed E-state index contributed by atoms with van der Waals surface area (Å²) in [6.07, 6.45) is 0. The number of carbonyl (C=O) groups excluding carboxylic acids is 2. The molecule has 0 atom stereocenters. The zero-order valence-electron chi connectivity index (χ0n) is 21.9. The van der Waals surface area contributed by atoms with Gasteiger partial charge in [0.1, 0.15) is 5.82 Å². The third-order valence-corrected chi connectivity index (χ3v) is 6.05. The van der Waals surface area contributed by atoms with Crippen LogP contribution in [-0.2, 0) is 22.7 Å². The Labute approximate surface area is 217 Å². The van der Waals surface area contributed by atoms with Gasteiger partial charge in [-0.15, -0.1) is 0 Å². The van der Waals surface area contributed by atoms with E-state index < -0.39 is 11.2 Å². The molecule has 0 unspecified atom stereocenters. The van der Waals surface area contributed by atoms with Crippen molar-refractivity contribution in [2.24, 2.45) is 5.41 Å². The van der Waals surface area contributed by atoms with E-state index in [9.17, 15) is 14.0 Å². The number of anilines is 2. The summed E-state index contributed by atoms with van der Waals surface area (Å²) in [7, 11) is 4.04. The van der Waals surface area contributed by atoms with Gasteiger partial charge in [0.2, 0.25) is 5.91 Å². The first-order valence-electron chi connectivity index (χ1n) is 12.2. The van der Waals surface area contributed by atoms with Crippen LogP contribution in [0.1, 0.15) is 43.0 Å². The zero-order valence-corrected chi connectivity index (χ0v) is 21.9. The van der Waals surface area contributed by atoms with Crippen molar-refractivity contribution < 1.29 is 14.0 Å². The molecule has 2 amide bonds. The van der Waals surface area contributed by atoms with Crippen molar-refractivity contribution in [1.82, 2.24) is 10.2 Å². The lowest BCUT2D eigenvalue weighted by Gasteiger charge is -2.19. The SMILES string of the molecule is CN(C)Cc1ccc(NC(=C2C(=O)Nc3cc(F)ccc32)c2cccc(CNC(=O)C(C)(C)C)c2)cc1. The van der Waals surface area contributed by atoms with Gasteiger partial charge in [-0.1, -0.05) is 51.1 Å². The van der Waals surface area contributed by atoms with Crippen molar-refractivity contribution in [3.05, 3.63) is 94.8 Å². The van der Waals surface area contributed by atoms with E-state index in [1.807, 2.05) is 83.4 Å². The summed E-state index contributed by atoms with van der Waals surface area (Å²) in [6, 6.07) is 20.0. The number of nitrogens with zero attached hydrogens (tertiary/aromatic N) is 1. The quantitative estimate of drug-likeness (QED) is 0.376. The third kappa shape index (κ3) is 6.24. The molecule has 1 aliphatic rings. The van der Waals surface area contributed by atoms with Crippen LogP contribution in [0.3, 0.4) is 0 Å². The minimum Gasteiger partial charge on any atom is -0.354 e. The summed E-state index contributed by atoms with van der Waals surface area (Å²) in [5.74, 6) is -0.764.